The van der Waals surface area contributed by atoms with Gasteiger partial charge in [0.2, 0.25) is 0 Å². The smallest absolute Gasteiger partial charge is 0.330 e. The van der Waals surface area contributed by atoms with Crippen molar-refractivity contribution in [2.45, 2.75) is 40.3 Å². The van der Waals surface area contributed by atoms with Crippen LogP contribution >= 0.6 is 0 Å². The minimum Gasteiger partial charge on any atom is -0.508 e. The second kappa shape index (κ2) is 9.96. The Morgan fingerprint density at radius 1 is 1.06 bits per heavy atom. The van der Waals surface area contributed by atoms with Crippen molar-refractivity contribution in [3.63, 3.8) is 0 Å². The van der Waals surface area contributed by atoms with Gasteiger partial charge in [0.05, 0.1) is 0 Å². The van der Waals surface area contributed by atoms with E-state index in [1.165, 1.54) is 4.57 Å². The van der Waals surface area contributed by atoms with E-state index in [0.717, 1.165) is 22.3 Å². The van der Waals surface area contributed by atoms with Gasteiger partial charge in [-0.3, -0.25) is 14.3 Å². The van der Waals surface area contributed by atoms with Crippen molar-refractivity contribution in [3.8, 4) is 17.6 Å². The van der Waals surface area contributed by atoms with Crippen molar-refractivity contribution in [3.05, 3.63) is 96.8 Å². The van der Waals surface area contributed by atoms with E-state index in [4.69, 9.17) is 4.74 Å². The van der Waals surface area contributed by atoms with Crippen molar-refractivity contribution in [1.29, 1.82) is 0 Å². The van der Waals surface area contributed by atoms with Crippen LogP contribution in [-0.2, 0) is 24.3 Å². The average molecular weight is 418 g/mol. The van der Waals surface area contributed by atoms with E-state index in [0.29, 0.717) is 24.1 Å². The fourth-order valence-corrected chi connectivity index (χ4v) is 3.60. The van der Waals surface area contributed by atoms with Crippen LogP contribution in [0.1, 0.15) is 40.4 Å². The van der Waals surface area contributed by atoms with Crippen LogP contribution in [0.15, 0.2) is 52.1 Å². The van der Waals surface area contributed by atoms with Crippen molar-refractivity contribution in [2.24, 2.45) is 0 Å². The number of aromatic amines is 1. The number of aromatic nitrogens is 2. The Morgan fingerprint density at radius 2 is 1.74 bits per heavy atom. The Hall–Kier alpha value is -3.56. The van der Waals surface area contributed by atoms with Gasteiger partial charge < -0.3 is 9.84 Å². The zero-order valence-electron chi connectivity index (χ0n) is 18.0. The van der Waals surface area contributed by atoms with Crippen LogP contribution in [0.2, 0.25) is 0 Å². The number of hydrogen-bond donors (Lipinski definition) is 2. The quantitative estimate of drug-likeness (QED) is 0.476. The number of phenols is 1. The SMILES string of the molecule is CCc1c(Cc2cc(C)cc(C)c2)n(COCC#Cc2ccc(O)cc2)c(=O)[nH]c1=O. The Bertz CT molecular complexity index is 1220. The van der Waals surface area contributed by atoms with Gasteiger partial charge in [0.25, 0.3) is 5.56 Å². The molecule has 0 unspecified atom stereocenters. The summed E-state index contributed by atoms with van der Waals surface area (Å²) in [5.41, 5.74) is 4.46. The van der Waals surface area contributed by atoms with Gasteiger partial charge in [0.1, 0.15) is 19.1 Å². The summed E-state index contributed by atoms with van der Waals surface area (Å²) in [6.45, 7) is 6.06. The highest BCUT2D eigenvalue weighted by atomic mass is 16.5. The van der Waals surface area contributed by atoms with Crippen molar-refractivity contribution in [2.75, 3.05) is 6.61 Å². The molecule has 160 valence electrons. The van der Waals surface area contributed by atoms with Crippen LogP contribution in [0, 0.1) is 25.7 Å². The van der Waals surface area contributed by atoms with Crippen LogP contribution in [0.4, 0.5) is 0 Å². The lowest BCUT2D eigenvalue weighted by Crippen LogP contribution is -2.36. The van der Waals surface area contributed by atoms with Gasteiger partial charge in [0, 0.05) is 23.2 Å². The molecular weight excluding hydrogens is 392 g/mol. The normalized spacial score (nSPS) is 10.5. The fourth-order valence-electron chi connectivity index (χ4n) is 3.60. The van der Waals surface area contributed by atoms with E-state index in [9.17, 15) is 14.7 Å². The Kier molecular flexibility index (Phi) is 7.11. The first-order chi connectivity index (χ1) is 14.9. The van der Waals surface area contributed by atoms with Crippen molar-refractivity contribution >= 4 is 0 Å². The zero-order chi connectivity index (χ0) is 22.4. The summed E-state index contributed by atoms with van der Waals surface area (Å²) < 4.78 is 7.10. The highest BCUT2D eigenvalue weighted by molar-refractivity contribution is 5.37. The molecule has 0 fully saturated rings. The minimum atomic E-state index is -0.493. The van der Waals surface area contributed by atoms with Crippen LogP contribution in [0.5, 0.6) is 5.75 Å². The molecule has 3 rings (SSSR count). The van der Waals surface area contributed by atoms with Gasteiger partial charge >= 0.3 is 5.69 Å². The first-order valence-electron chi connectivity index (χ1n) is 10.1. The van der Waals surface area contributed by atoms with Gasteiger partial charge in [-0.15, -0.1) is 0 Å². The van der Waals surface area contributed by atoms with Crippen LogP contribution in [0.25, 0.3) is 0 Å². The van der Waals surface area contributed by atoms with E-state index >= 15 is 0 Å². The Balaban J connectivity index is 1.83. The van der Waals surface area contributed by atoms with Gasteiger partial charge in [-0.2, -0.15) is 0 Å². The Morgan fingerprint density at radius 3 is 2.39 bits per heavy atom. The van der Waals surface area contributed by atoms with Crippen molar-refractivity contribution < 1.29 is 9.84 Å². The van der Waals surface area contributed by atoms with E-state index in [-0.39, 0.29) is 24.6 Å². The molecule has 6 nitrogen and oxygen atoms in total. The summed E-state index contributed by atoms with van der Waals surface area (Å²) in [5, 5.41) is 9.31. The first kappa shape index (κ1) is 22.1. The van der Waals surface area contributed by atoms with Crippen LogP contribution in [0.3, 0.4) is 0 Å². The second-order valence-corrected chi connectivity index (χ2v) is 7.47. The molecule has 3 aromatic rings. The number of phenolic OH excluding ortho intramolecular Hbond substituents is 1. The minimum absolute atomic E-state index is 0.00694. The molecule has 0 atom stereocenters. The van der Waals surface area contributed by atoms with E-state index in [2.05, 4.69) is 35.0 Å². The zero-order valence-corrected chi connectivity index (χ0v) is 18.0. The number of benzene rings is 2. The second-order valence-electron chi connectivity index (χ2n) is 7.47. The molecule has 0 radical (unpaired) electrons. The molecule has 0 aliphatic rings. The maximum absolute atomic E-state index is 12.5. The number of ether oxygens (including phenoxy) is 1. The number of rotatable bonds is 6. The molecule has 0 bridgehead atoms. The molecule has 2 N–H and O–H groups in total. The predicted molar refractivity (Wildman–Crippen MR) is 120 cm³/mol. The number of H-pyrrole nitrogens is 1. The third kappa shape index (κ3) is 5.74. The molecule has 0 spiro atoms. The summed E-state index contributed by atoms with van der Waals surface area (Å²) >= 11 is 0. The number of hydrogen-bond acceptors (Lipinski definition) is 4. The van der Waals surface area contributed by atoms with E-state index in [1.807, 2.05) is 20.8 Å². The summed E-state index contributed by atoms with van der Waals surface area (Å²) in [7, 11) is 0. The molecule has 0 saturated heterocycles. The van der Waals surface area contributed by atoms with Gasteiger partial charge in [-0.05, 0) is 50.1 Å². The van der Waals surface area contributed by atoms with E-state index < -0.39 is 5.69 Å². The lowest BCUT2D eigenvalue weighted by atomic mass is 10.0. The fraction of sp³-hybridized carbons (Fsp3) is 0.280. The maximum atomic E-state index is 12.5. The van der Waals surface area contributed by atoms with Gasteiger partial charge in [0.15, 0.2) is 0 Å². The maximum Gasteiger partial charge on any atom is 0.330 e. The number of nitrogens with one attached hydrogen (secondary N) is 1. The summed E-state index contributed by atoms with van der Waals surface area (Å²) in [5.74, 6) is 6.02. The predicted octanol–water partition coefficient (Wildman–Crippen LogP) is 3.04. The largest absolute Gasteiger partial charge is 0.508 e. The lowest BCUT2D eigenvalue weighted by Gasteiger charge is -2.16. The van der Waals surface area contributed by atoms with Gasteiger partial charge in [-0.1, -0.05) is 48.1 Å². The highest BCUT2D eigenvalue weighted by Gasteiger charge is 2.14. The monoisotopic (exact) mass is 418 g/mol. The summed E-state index contributed by atoms with van der Waals surface area (Å²) in [4.78, 5) is 27.3. The first-order valence-corrected chi connectivity index (χ1v) is 10.1. The average Bonchev–Trinajstić information content (AvgIpc) is 2.70. The molecule has 1 aromatic heterocycles. The third-order valence-corrected chi connectivity index (χ3v) is 4.92. The van der Waals surface area contributed by atoms with Crippen LogP contribution < -0.4 is 11.2 Å². The molecule has 0 aliphatic heterocycles. The topological polar surface area (TPSA) is 84.3 Å². The highest BCUT2D eigenvalue weighted by Crippen LogP contribution is 2.15. The molecule has 1 heterocycles. The van der Waals surface area contributed by atoms with Gasteiger partial charge in [-0.25, -0.2) is 4.79 Å². The van der Waals surface area contributed by atoms with E-state index in [1.54, 1.807) is 24.3 Å². The third-order valence-electron chi connectivity index (χ3n) is 4.92. The summed E-state index contributed by atoms with van der Waals surface area (Å²) in [6, 6.07) is 12.8. The number of aromatic hydroxyl groups is 1. The number of aryl methyl sites for hydroxylation is 2. The van der Waals surface area contributed by atoms with Crippen LogP contribution in [-0.4, -0.2) is 21.3 Å². The molecule has 6 heteroatoms. The molecular formula is C25H26N2O4. The number of nitrogens with zero attached hydrogens (tertiary/aromatic N) is 1. The summed E-state index contributed by atoms with van der Waals surface area (Å²) in [6.07, 6.45) is 0.976. The molecule has 0 amide bonds. The van der Waals surface area contributed by atoms with Crippen molar-refractivity contribution in [1.82, 2.24) is 9.55 Å². The lowest BCUT2D eigenvalue weighted by molar-refractivity contribution is 0.0980. The standard InChI is InChI=1S/C25H26N2O4/c1-4-22-23(15-20-13-17(2)12-18(3)14-20)27(25(30)26-24(22)29)16-31-11-5-6-19-7-9-21(28)10-8-19/h7-10,12-14,28H,4,11,15-16H2,1-3H3,(H,26,29,30). The molecule has 0 saturated carbocycles. The molecule has 2 aromatic carbocycles. The Labute approximate surface area is 181 Å². The molecule has 31 heavy (non-hydrogen) atoms. The molecule has 0 aliphatic carbocycles.